The van der Waals surface area contributed by atoms with Crippen molar-refractivity contribution in [2.24, 2.45) is 0 Å². The van der Waals surface area contributed by atoms with Gasteiger partial charge in [-0.05, 0) is 25.5 Å². The molecule has 1 aromatic carbocycles. The van der Waals surface area contributed by atoms with E-state index >= 15 is 0 Å². The van der Waals surface area contributed by atoms with Gasteiger partial charge in [0.1, 0.15) is 5.82 Å². The van der Waals surface area contributed by atoms with Gasteiger partial charge in [0.2, 0.25) is 0 Å². The number of hydrogen-bond donors (Lipinski definition) is 1. The summed E-state index contributed by atoms with van der Waals surface area (Å²) in [5, 5.41) is 3.09. The van der Waals surface area contributed by atoms with Crippen molar-refractivity contribution < 1.29 is 13.2 Å². The molecule has 0 aromatic heterocycles. The molecule has 1 aromatic rings. The summed E-state index contributed by atoms with van der Waals surface area (Å²) in [4.78, 5) is 0. The molecule has 2 rings (SSSR count). The fourth-order valence-corrected chi connectivity index (χ4v) is 1.92. The lowest BCUT2D eigenvalue weighted by molar-refractivity contribution is 0.393. The fraction of sp³-hybridized carbons (Fsp3) is 0.455. The van der Waals surface area contributed by atoms with E-state index in [0.717, 1.165) is 31.9 Å². The molecule has 1 fully saturated rings. The predicted octanol–water partition coefficient (Wildman–Crippen LogP) is 3.34. The van der Waals surface area contributed by atoms with Crippen LogP contribution in [0.1, 0.15) is 30.9 Å². The number of piperidine rings is 1. The van der Waals surface area contributed by atoms with Crippen LogP contribution in [0.15, 0.2) is 12.1 Å². The van der Waals surface area contributed by atoms with Crippen LogP contribution in [-0.2, 0) is 0 Å². The minimum absolute atomic E-state index is 0. The summed E-state index contributed by atoms with van der Waals surface area (Å²) in [6.07, 6.45) is 2.79. The molecule has 0 saturated carbocycles. The van der Waals surface area contributed by atoms with E-state index in [4.69, 9.17) is 0 Å². The van der Waals surface area contributed by atoms with Crippen LogP contribution in [0, 0.1) is 17.5 Å². The predicted molar refractivity (Wildman–Crippen MR) is 58.2 cm³/mol. The van der Waals surface area contributed by atoms with Crippen LogP contribution in [0.3, 0.4) is 0 Å². The first-order chi connectivity index (χ1) is 7.18. The molecule has 0 unspecified atom stereocenters. The lowest BCUT2D eigenvalue weighted by Gasteiger charge is -2.24. The molecule has 90 valence electrons. The van der Waals surface area contributed by atoms with Crippen molar-refractivity contribution in [3.8, 4) is 0 Å². The fourth-order valence-electron chi connectivity index (χ4n) is 1.92. The largest absolute Gasteiger partial charge is 0.310 e. The van der Waals surface area contributed by atoms with E-state index in [-0.39, 0.29) is 24.0 Å². The highest BCUT2D eigenvalue weighted by Gasteiger charge is 2.20. The number of rotatable bonds is 1. The molecule has 0 amide bonds. The van der Waals surface area contributed by atoms with Crippen LogP contribution in [0.2, 0.25) is 0 Å². The van der Waals surface area contributed by atoms with Crippen molar-refractivity contribution in [1.29, 1.82) is 0 Å². The van der Waals surface area contributed by atoms with Crippen LogP contribution >= 0.6 is 12.4 Å². The molecular formula is C11H13ClF3N. The summed E-state index contributed by atoms with van der Waals surface area (Å²) in [7, 11) is 0. The smallest absolute Gasteiger partial charge is 0.161 e. The Morgan fingerprint density at radius 1 is 1.00 bits per heavy atom. The third kappa shape index (κ3) is 2.68. The van der Waals surface area contributed by atoms with E-state index < -0.39 is 17.5 Å². The number of halogens is 4. The maximum Gasteiger partial charge on any atom is 0.161 e. The Bertz CT molecular complexity index is 364. The Morgan fingerprint density at radius 3 is 2.31 bits per heavy atom. The van der Waals surface area contributed by atoms with Gasteiger partial charge < -0.3 is 5.32 Å². The molecule has 1 nitrogen and oxygen atoms in total. The highest BCUT2D eigenvalue weighted by Crippen LogP contribution is 2.26. The van der Waals surface area contributed by atoms with Crippen LogP contribution < -0.4 is 5.32 Å². The molecule has 5 heteroatoms. The van der Waals surface area contributed by atoms with Gasteiger partial charge in [-0.25, -0.2) is 13.2 Å². The summed E-state index contributed by atoms with van der Waals surface area (Å²) in [6.45, 7) is 0.795. The van der Waals surface area contributed by atoms with Crippen LogP contribution in [-0.4, -0.2) is 6.54 Å². The molecule has 0 spiro atoms. The summed E-state index contributed by atoms with van der Waals surface area (Å²) in [6, 6.07) is 1.38. The number of nitrogens with one attached hydrogen (secondary N) is 1. The van der Waals surface area contributed by atoms with E-state index in [0.29, 0.717) is 6.07 Å². The second-order valence-electron chi connectivity index (χ2n) is 3.79. The van der Waals surface area contributed by atoms with Gasteiger partial charge in [-0.15, -0.1) is 12.4 Å². The van der Waals surface area contributed by atoms with Crippen molar-refractivity contribution in [3.63, 3.8) is 0 Å². The molecule has 1 aliphatic rings. The number of hydrogen-bond acceptors (Lipinski definition) is 1. The SMILES string of the molecule is Cl.Fc1cc(F)c([C@@H]2CCCCN2)cc1F. The maximum atomic E-state index is 13.4. The molecule has 0 aliphatic carbocycles. The maximum absolute atomic E-state index is 13.4. The van der Waals surface area contributed by atoms with Crippen molar-refractivity contribution in [3.05, 3.63) is 35.1 Å². The summed E-state index contributed by atoms with van der Waals surface area (Å²) < 4.78 is 39.0. The van der Waals surface area contributed by atoms with Crippen molar-refractivity contribution >= 4 is 12.4 Å². The topological polar surface area (TPSA) is 12.0 Å². The van der Waals surface area contributed by atoms with E-state index in [1.165, 1.54) is 0 Å². The lowest BCUT2D eigenvalue weighted by Crippen LogP contribution is -2.27. The third-order valence-electron chi connectivity index (χ3n) is 2.73. The van der Waals surface area contributed by atoms with Crippen LogP contribution in [0.25, 0.3) is 0 Å². The van der Waals surface area contributed by atoms with Gasteiger partial charge in [-0.2, -0.15) is 0 Å². The second-order valence-corrected chi connectivity index (χ2v) is 3.79. The minimum atomic E-state index is -1.13. The Morgan fingerprint density at radius 2 is 1.69 bits per heavy atom. The van der Waals surface area contributed by atoms with Gasteiger partial charge in [0.15, 0.2) is 11.6 Å². The van der Waals surface area contributed by atoms with Crippen molar-refractivity contribution in [2.75, 3.05) is 6.54 Å². The first-order valence-corrected chi connectivity index (χ1v) is 5.06. The van der Waals surface area contributed by atoms with Gasteiger partial charge >= 0.3 is 0 Å². The lowest BCUT2D eigenvalue weighted by atomic mass is 9.97. The van der Waals surface area contributed by atoms with Crippen molar-refractivity contribution in [1.82, 2.24) is 5.32 Å². The first kappa shape index (κ1) is 13.3. The third-order valence-corrected chi connectivity index (χ3v) is 2.73. The minimum Gasteiger partial charge on any atom is -0.310 e. The zero-order chi connectivity index (χ0) is 10.8. The van der Waals surface area contributed by atoms with Crippen LogP contribution in [0.5, 0.6) is 0 Å². The summed E-state index contributed by atoms with van der Waals surface area (Å²) >= 11 is 0. The molecule has 1 aliphatic heterocycles. The Hall–Kier alpha value is -0.740. The second kappa shape index (κ2) is 5.55. The van der Waals surface area contributed by atoms with Gasteiger partial charge in [0, 0.05) is 17.7 Å². The van der Waals surface area contributed by atoms with E-state index in [2.05, 4.69) is 5.32 Å². The monoisotopic (exact) mass is 251 g/mol. The molecule has 0 bridgehead atoms. The molecule has 0 radical (unpaired) electrons. The average molecular weight is 252 g/mol. The van der Waals surface area contributed by atoms with Gasteiger partial charge in [0.25, 0.3) is 0 Å². The molecule has 1 heterocycles. The van der Waals surface area contributed by atoms with Gasteiger partial charge in [0.05, 0.1) is 0 Å². The summed E-state index contributed by atoms with van der Waals surface area (Å²) in [5.41, 5.74) is 0.230. The quantitative estimate of drug-likeness (QED) is 0.755. The van der Waals surface area contributed by atoms with Crippen LogP contribution in [0.4, 0.5) is 13.2 Å². The standard InChI is InChI=1S/C11H12F3N.ClH/c12-8-6-10(14)9(13)5-7(8)11-3-1-2-4-15-11;/h5-6,11,15H,1-4H2;1H/t11-;/m0./s1. The highest BCUT2D eigenvalue weighted by molar-refractivity contribution is 5.85. The molecular weight excluding hydrogens is 239 g/mol. The van der Waals surface area contributed by atoms with Gasteiger partial charge in [-0.3, -0.25) is 0 Å². The summed E-state index contributed by atoms with van der Waals surface area (Å²) in [5.74, 6) is -2.79. The molecule has 1 N–H and O–H groups in total. The van der Waals surface area contributed by atoms with Crippen molar-refractivity contribution in [2.45, 2.75) is 25.3 Å². The molecule has 1 saturated heterocycles. The van der Waals surface area contributed by atoms with E-state index in [1.807, 2.05) is 0 Å². The van der Waals surface area contributed by atoms with E-state index in [1.54, 1.807) is 0 Å². The molecule has 1 atom stereocenters. The van der Waals surface area contributed by atoms with Gasteiger partial charge in [-0.1, -0.05) is 6.42 Å². The first-order valence-electron chi connectivity index (χ1n) is 5.06. The zero-order valence-corrected chi connectivity index (χ0v) is 9.42. The molecule has 16 heavy (non-hydrogen) atoms. The average Bonchev–Trinajstić information content (AvgIpc) is 2.25. The van der Waals surface area contributed by atoms with E-state index in [9.17, 15) is 13.2 Å². The highest BCUT2D eigenvalue weighted by atomic mass is 35.5. The Labute approximate surface area is 98.4 Å². The Balaban J connectivity index is 0.00000128. The Kier molecular flexibility index (Phi) is 4.62. The normalized spacial score (nSPS) is 20.3. The number of benzene rings is 1. The zero-order valence-electron chi connectivity index (χ0n) is 8.60.